The van der Waals surface area contributed by atoms with E-state index in [4.69, 9.17) is 4.74 Å². The average molecular weight is 399 g/mol. The molecule has 0 aromatic heterocycles. The van der Waals surface area contributed by atoms with Gasteiger partial charge >= 0.3 is 5.97 Å². The topological polar surface area (TPSA) is 63.7 Å². The molecule has 0 radical (unpaired) electrons. The number of rotatable bonds is 3. The van der Waals surface area contributed by atoms with Crippen LogP contribution in [0.4, 0.5) is 5.69 Å². The molecule has 5 aliphatic rings. The molecular weight excluding hydrogens is 378 g/mol. The van der Waals surface area contributed by atoms with Gasteiger partial charge in [0.25, 0.3) is 0 Å². The number of esters is 1. The summed E-state index contributed by atoms with van der Waals surface area (Å²) in [4.78, 5) is 40.1. The quantitative estimate of drug-likeness (QED) is 0.341. The molecule has 7 rings (SSSR count). The lowest BCUT2D eigenvalue weighted by atomic mass is 9.63. The number of allylic oxidation sites excluding steroid dienone is 2. The molecular formula is C25H21NO4. The van der Waals surface area contributed by atoms with Crippen molar-refractivity contribution < 1.29 is 19.1 Å². The summed E-state index contributed by atoms with van der Waals surface area (Å²) in [6.45, 7) is 1.86. The van der Waals surface area contributed by atoms with Crippen molar-refractivity contribution in [3.63, 3.8) is 0 Å². The fourth-order valence-electron chi connectivity index (χ4n) is 5.84. The van der Waals surface area contributed by atoms with Gasteiger partial charge in [-0.05, 0) is 72.9 Å². The van der Waals surface area contributed by atoms with Crippen LogP contribution in [0.25, 0.3) is 0 Å². The largest absolute Gasteiger partial charge is 0.423 e. The third-order valence-electron chi connectivity index (χ3n) is 7.33. The number of benzene rings is 2. The molecule has 1 saturated heterocycles. The molecule has 2 amide bonds. The van der Waals surface area contributed by atoms with Crippen LogP contribution in [0.5, 0.6) is 5.75 Å². The Hall–Kier alpha value is -3.21. The number of imide groups is 1. The van der Waals surface area contributed by atoms with Crippen molar-refractivity contribution in [2.45, 2.75) is 13.3 Å². The molecule has 0 unspecified atom stereocenters. The molecule has 2 aromatic rings. The minimum absolute atomic E-state index is 0.0839. The lowest BCUT2D eigenvalue weighted by molar-refractivity contribution is -0.124. The number of hydrogen-bond donors (Lipinski definition) is 0. The Morgan fingerprint density at radius 3 is 2.10 bits per heavy atom. The minimum atomic E-state index is -0.429. The summed E-state index contributed by atoms with van der Waals surface area (Å²) in [7, 11) is 0. The molecule has 0 N–H and O–H groups in total. The van der Waals surface area contributed by atoms with Gasteiger partial charge in [0.05, 0.1) is 23.1 Å². The fourth-order valence-corrected chi connectivity index (χ4v) is 5.84. The summed E-state index contributed by atoms with van der Waals surface area (Å²) in [6, 6.07) is 13.9. The molecule has 1 heterocycles. The minimum Gasteiger partial charge on any atom is -0.423 e. The van der Waals surface area contributed by atoms with Crippen molar-refractivity contribution in [3.8, 4) is 5.75 Å². The highest BCUT2D eigenvalue weighted by Crippen LogP contribution is 2.65. The highest BCUT2D eigenvalue weighted by atomic mass is 16.5. The molecule has 0 spiro atoms. The van der Waals surface area contributed by atoms with Gasteiger partial charge in [0.2, 0.25) is 11.8 Å². The second-order valence-corrected chi connectivity index (χ2v) is 8.86. The van der Waals surface area contributed by atoms with E-state index in [0.717, 1.165) is 12.0 Å². The number of anilines is 1. The highest BCUT2D eigenvalue weighted by molar-refractivity contribution is 6.22. The van der Waals surface area contributed by atoms with E-state index in [1.54, 1.807) is 36.4 Å². The van der Waals surface area contributed by atoms with E-state index in [1.807, 2.05) is 19.1 Å². The van der Waals surface area contributed by atoms with Crippen molar-refractivity contribution >= 4 is 23.5 Å². The lowest BCUT2D eigenvalue weighted by Crippen LogP contribution is -2.40. The van der Waals surface area contributed by atoms with Crippen molar-refractivity contribution in [2.75, 3.05) is 4.90 Å². The Kier molecular flexibility index (Phi) is 3.61. The molecule has 2 bridgehead atoms. The Labute approximate surface area is 174 Å². The first-order valence-electron chi connectivity index (χ1n) is 10.5. The Morgan fingerprint density at radius 1 is 0.900 bits per heavy atom. The van der Waals surface area contributed by atoms with Gasteiger partial charge in [-0.3, -0.25) is 14.5 Å². The van der Waals surface area contributed by atoms with E-state index < -0.39 is 5.97 Å². The van der Waals surface area contributed by atoms with Gasteiger partial charge in [0.1, 0.15) is 5.75 Å². The number of hydrogen-bond acceptors (Lipinski definition) is 4. The summed E-state index contributed by atoms with van der Waals surface area (Å²) in [5, 5.41) is 0. The van der Waals surface area contributed by atoms with Crippen molar-refractivity contribution in [3.05, 3.63) is 71.8 Å². The summed E-state index contributed by atoms with van der Waals surface area (Å²) in [5.74, 6) is 0.945. The molecule has 6 atom stereocenters. The van der Waals surface area contributed by atoms with Gasteiger partial charge in [0, 0.05) is 0 Å². The van der Waals surface area contributed by atoms with Crippen LogP contribution in [0.1, 0.15) is 22.3 Å². The molecule has 2 saturated carbocycles. The first-order chi connectivity index (χ1) is 14.5. The second kappa shape index (κ2) is 6.14. The van der Waals surface area contributed by atoms with E-state index in [0.29, 0.717) is 28.8 Å². The van der Waals surface area contributed by atoms with Crippen LogP contribution in [0.15, 0.2) is 60.7 Å². The summed E-state index contributed by atoms with van der Waals surface area (Å²) in [5.41, 5.74) is 1.90. The molecule has 150 valence electrons. The number of nitrogens with zero attached hydrogens (tertiary/aromatic N) is 1. The van der Waals surface area contributed by atoms with Crippen LogP contribution >= 0.6 is 0 Å². The van der Waals surface area contributed by atoms with Crippen LogP contribution < -0.4 is 9.64 Å². The van der Waals surface area contributed by atoms with Crippen LogP contribution in [0.3, 0.4) is 0 Å². The number of amides is 2. The normalized spacial score (nSPS) is 32.8. The Balaban J connectivity index is 1.23. The Morgan fingerprint density at radius 2 is 1.50 bits per heavy atom. The molecule has 2 aromatic carbocycles. The number of aryl methyl sites for hydroxylation is 1. The average Bonchev–Trinajstić information content (AvgIpc) is 3.53. The first kappa shape index (κ1) is 17.6. The fraction of sp³-hybridized carbons (Fsp3) is 0.320. The van der Waals surface area contributed by atoms with Crippen molar-refractivity contribution in [1.29, 1.82) is 0 Å². The molecule has 5 heteroatoms. The highest BCUT2D eigenvalue weighted by Gasteiger charge is 2.67. The van der Waals surface area contributed by atoms with Crippen molar-refractivity contribution in [2.24, 2.45) is 35.5 Å². The molecule has 3 fully saturated rings. The van der Waals surface area contributed by atoms with Gasteiger partial charge in [-0.25, -0.2) is 4.79 Å². The maximum atomic E-state index is 13.2. The number of ether oxygens (including phenoxy) is 1. The van der Waals surface area contributed by atoms with Gasteiger partial charge < -0.3 is 4.74 Å². The zero-order chi connectivity index (χ0) is 20.6. The van der Waals surface area contributed by atoms with Gasteiger partial charge in [-0.2, -0.15) is 0 Å². The van der Waals surface area contributed by atoms with Crippen molar-refractivity contribution in [1.82, 2.24) is 0 Å². The first-order valence-corrected chi connectivity index (χ1v) is 10.5. The molecule has 5 nitrogen and oxygen atoms in total. The van der Waals surface area contributed by atoms with E-state index in [1.165, 1.54) is 4.90 Å². The second-order valence-electron chi connectivity index (χ2n) is 8.86. The monoisotopic (exact) mass is 399 g/mol. The zero-order valence-corrected chi connectivity index (χ0v) is 16.5. The standard InChI is InChI=1S/C25H21NO4/c1-13-4-2-3-5-16(13)25(29)30-15-8-6-14(7-9-15)26-23(27)21-17-10-11-18(20-12-19(17)20)22(21)24(26)28/h2-11,17-22H,12H2,1H3/t17-,18-,19-,20-,21+,22+/m0/s1. The maximum Gasteiger partial charge on any atom is 0.343 e. The summed E-state index contributed by atoms with van der Waals surface area (Å²) >= 11 is 0. The molecule has 1 aliphatic heterocycles. The smallest absolute Gasteiger partial charge is 0.343 e. The number of carbonyl (C=O) groups is 3. The predicted molar refractivity (Wildman–Crippen MR) is 110 cm³/mol. The van der Waals surface area contributed by atoms with Crippen LogP contribution in [0.2, 0.25) is 0 Å². The summed E-state index contributed by atoms with van der Waals surface area (Å²) in [6.07, 6.45) is 5.49. The Bertz CT molecular complexity index is 1080. The zero-order valence-electron chi connectivity index (χ0n) is 16.5. The van der Waals surface area contributed by atoms with Gasteiger partial charge in [-0.1, -0.05) is 30.4 Å². The lowest BCUT2D eigenvalue weighted by Gasteiger charge is -2.37. The maximum absolute atomic E-state index is 13.2. The van der Waals surface area contributed by atoms with E-state index >= 15 is 0 Å². The predicted octanol–water partition coefficient (Wildman–Crippen LogP) is 3.77. The molecule has 4 aliphatic carbocycles. The van der Waals surface area contributed by atoms with Crippen LogP contribution in [-0.4, -0.2) is 17.8 Å². The summed E-state index contributed by atoms with van der Waals surface area (Å²) < 4.78 is 5.47. The van der Waals surface area contributed by atoms with Gasteiger partial charge in [-0.15, -0.1) is 0 Å². The van der Waals surface area contributed by atoms with E-state index in [2.05, 4.69) is 12.2 Å². The van der Waals surface area contributed by atoms with Gasteiger partial charge in [0.15, 0.2) is 0 Å². The van der Waals surface area contributed by atoms with E-state index in [-0.39, 0.29) is 35.5 Å². The SMILES string of the molecule is Cc1ccccc1C(=O)Oc1ccc(N2C(=O)[C@@H]3[C@H]4C=C[C@@H]([C@@H]5C[C@@H]45)[C@H]3C2=O)cc1. The van der Waals surface area contributed by atoms with Crippen LogP contribution in [-0.2, 0) is 9.59 Å². The van der Waals surface area contributed by atoms with E-state index in [9.17, 15) is 14.4 Å². The van der Waals surface area contributed by atoms with Crippen LogP contribution in [0, 0.1) is 42.4 Å². The number of carbonyl (C=O) groups excluding carboxylic acids is 3. The third-order valence-corrected chi connectivity index (χ3v) is 7.33. The third kappa shape index (κ3) is 2.38. The molecule has 30 heavy (non-hydrogen) atoms.